The van der Waals surface area contributed by atoms with E-state index < -0.39 is 31.0 Å². The van der Waals surface area contributed by atoms with Crippen molar-refractivity contribution in [1.29, 1.82) is 0 Å². The third-order valence-electron chi connectivity index (χ3n) is 4.79. The lowest BCUT2D eigenvalue weighted by atomic mass is 10.1. The highest BCUT2D eigenvalue weighted by atomic mass is 19.4. The summed E-state index contributed by atoms with van der Waals surface area (Å²) >= 11 is 0. The number of hydrogen-bond acceptors (Lipinski definition) is 5. The number of amides is 2. The number of nitrogens with zero attached hydrogens (tertiary/aromatic N) is 2. The van der Waals surface area contributed by atoms with Crippen LogP contribution in [0.15, 0.2) is 12.1 Å². The predicted octanol–water partition coefficient (Wildman–Crippen LogP) is 2.87. The summed E-state index contributed by atoms with van der Waals surface area (Å²) in [6.45, 7) is 1.40. The first-order valence-corrected chi connectivity index (χ1v) is 9.11. The Morgan fingerprint density at radius 3 is 2.21 bits per heavy atom. The summed E-state index contributed by atoms with van der Waals surface area (Å²) in [5.74, 6) is -0.406. The molecule has 7 nitrogen and oxygen atoms in total. The molecule has 1 unspecified atom stereocenters. The summed E-state index contributed by atoms with van der Waals surface area (Å²) in [6, 6.07) is 3.18. The largest absolute Gasteiger partial charge is 0.493 e. The molecule has 0 bridgehead atoms. The molecular weight excluding hydrogens is 393 g/mol. The number of alkyl halides is 3. The van der Waals surface area contributed by atoms with Gasteiger partial charge in [-0.1, -0.05) is 0 Å². The highest BCUT2D eigenvalue weighted by Gasteiger charge is 2.38. The second-order valence-electron chi connectivity index (χ2n) is 6.57. The number of anilines is 1. The van der Waals surface area contributed by atoms with Gasteiger partial charge in [-0.15, -0.1) is 0 Å². The Morgan fingerprint density at radius 2 is 1.76 bits per heavy atom. The van der Waals surface area contributed by atoms with Crippen molar-refractivity contribution in [3.63, 3.8) is 0 Å². The number of halogens is 3. The second kappa shape index (κ2) is 9.23. The van der Waals surface area contributed by atoms with Crippen molar-refractivity contribution in [2.75, 3.05) is 45.9 Å². The number of carbonyl (C=O) groups is 2. The smallest absolute Gasteiger partial charge is 0.390 e. The normalized spacial score (nSPS) is 16.7. The molecule has 0 N–H and O–H groups in total. The zero-order chi connectivity index (χ0) is 21.8. The van der Waals surface area contributed by atoms with Crippen LogP contribution < -0.4 is 19.1 Å². The minimum absolute atomic E-state index is 0.0683. The average molecular weight is 418 g/mol. The monoisotopic (exact) mass is 418 g/mol. The molecule has 1 heterocycles. The van der Waals surface area contributed by atoms with Crippen molar-refractivity contribution in [2.45, 2.75) is 25.9 Å². The molecule has 0 aliphatic carbocycles. The van der Waals surface area contributed by atoms with E-state index in [1.54, 1.807) is 19.1 Å². The first-order valence-electron chi connectivity index (χ1n) is 9.11. The lowest BCUT2D eigenvalue weighted by Gasteiger charge is -2.25. The molecule has 0 aromatic heterocycles. The molecule has 1 aliphatic heterocycles. The van der Waals surface area contributed by atoms with Gasteiger partial charge >= 0.3 is 6.18 Å². The molecule has 29 heavy (non-hydrogen) atoms. The summed E-state index contributed by atoms with van der Waals surface area (Å²) in [5, 5.41) is 0. The third-order valence-corrected chi connectivity index (χ3v) is 4.79. The third kappa shape index (κ3) is 5.24. The second-order valence-corrected chi connectivity index (χ2v) is 6.57. The van der Waals surface area contributed by atoms with Crippen molar-refractivity contribution in [3.05, 3.63) is 12.1 Å². The number of carbonyl (C=O) groups excluding carboxylic acids is 2. The van der Waals surface area contributed by atoms with Crippen LogP contribution in [0.3, 0.4) is 0 Å². The van der Waals surface area contributed by atoms with Crippen LogP contribution in [0.2, 0.25) is 0 Å². The number of benzene rings is 1. The van der Waals surface area contributed by atoms with Crippen LogP contribution in [0, 0.1) is 5.92 Å². The maximum atomic E-state index is 12.7. The minimum atomic E-state index is -4.35. The van der Waals surface area contributed by atoms with E-state index in [0.29, 0.717) is 22.9 Å². The fourth-order valence-electron chi connectivity index (χ4n) is 3.29. The molecule has 1 fully saturated rings. The molecular formula is C19H25F3N2O5. The zero-order valence-electron chi connectivity index (χ0n) is 16.8. The van der Waals surface area contributed by atoms with Gasteiger partial charge in [0.05, 0.1) is 39.4 Å². The standard InChI is InChI=1S/C19H25F3N2O5/c1-5-23(7-6-19(20,21)22)18(26)12-8-16(25)24(11-12)13-9-14(27-2)17(29-4)15(10-13)28-3/h9-10,12H,5-8,11H2,1-4H3. The van der Waals surface area contributed by atoms with E-state index in [1.807, 2.05) is 0 Å². The van der Waals surface area contributed by atoms with E-state index in [9.17, 15) is 22.8 Å². The Morgan fingerprint density at radius 1 is 1.17 bits per heavy atom. The zero-order valence-corrected chi connectivity index (χ0v) is 16.8. The van der Waals surface area contributed by atoms with Crippen LogP contribution in [0.1, 0.15) is 19.8 Å². The lowest BCUT2D eigenvalue weighted by molar-refractivity contribution is -0.147. The quantitative estimate of drug-likeness (QED) is 0.650. The van der Waals surface area contributed by atoms with Gasteiger partial charge in [0.1, 0.15) is 0 Å². The van der Waals surface area contributed by atoms with Gasteiger partial charge in [0.2, 0.25) is 17.6 Å². The van der Waals surface area contributed by atoms with Gasteiger partial charge in [0, 0.05) is 38.2 Å². The minimum Gasteiger partial charge on any atom is -0.493 e. The van der Waals surface area contributed by atoms with Gasteiger partial charge in [0.15, 0.2) is 11.5 Å². The van der Waals surface area contributed by atoms with Gasteiger partial charge < -0.3 is 24.0 Å². The molecule has 1 aromatic carbocycles. The SMILES string of the molecule is CCN(CCC(F)(F)F)C(=O)C1CC(=O)N(c2cc(OC)c(OC)c(OC)c2)C1. The van der Waals surface area contributed by atoms with E-state index in [2.05, 4.69) is 0 Å². The molecule has 0 saturated carbocycles. The van der Waals surface area contributed by atoms with Crippen LogP contribution in [-0.2, 0) is 9.59 Å². The summed E-state index contributed by atoms with van der Waals surface area (Å²) in [5.41, 5.74) is 0.457. The van der Waals surface area contributed by atoms with Gasteiger partial charge in [-0.25, -0.2) is 0 Å². The van der Waals surface area contributed by atoms with Gasteiger partial charge in [-0.2, -0.15) is 13.2 Å². The van der Waals surface area contributed by atoms with Gasteiger partial charge in [-0.05, 0) is 6.92 Å². The molecule has 1 aliphatic rings. The molecule has 0 spiro atoms. The van der Waals surface area contributed by atoms with Gasteiger partial charge in [0.25, 0.3) is 0 Å². The summed E-state index contributed by atoms with van der Waals surface area (Å²) < 4.78 is 53.3. The Kier molecular flexibility index (Phi) is 7.21. The van der Waals surface area contributed by atoms with Crippen molar-refractivity contribution < 1.29 is 37.0 Å². The predicted molar refractivity (Wildman–Crippen MR) is 99.5 cm³/mol. The molecule has 0 radical (unpaired) electrons. The molecule has 10 heteroatoms. The highest BCUT2D eigenvalue weighted by Crippen LogP contribution is 2.42. The lowest BCUT2D eigenvalue weighted by Crippen LogP contribution is -2.39. The van der Waals surface area contributed by atoms with Gasteiger partial charge in [-0.3, -0.25) is 9.59 Å². The number of hydrogen-bond donors (Lipinski definition) is 0. The van der Waals surface area contributed by atoms with E-state index in [4.69, 9.17) is 14.2 Å². The molecule has 162 valence electrons. The Hall–Kier alpha value is -2.65. The Balaban J connectivity index is 2.20. The van der Waals surface area contributed by atoms with Crippen molar-refractivity contribution in [2.24, 2.45) is 5.92 Å². The summed E-state index contributed by atoms with van der Waals surface area (Å²) in [4.78, 5) is 27.8. The van der Waals surface area contributed by atoms with Crippen LogP contribution in [0.5, 0.6) is 17.2 Å². The van der Waals surface area contributed by atoms with E-state index in [0.717, 1.165) is 4.90 Å². The Bertz CT molecular complexity index is 729. The van der Waals surface area contributed by atoms with Crippen LogP contribution in [0.25, 0.3) is 0 Å². The number of rotatable bonds is 8. The van der Waals surface area contributed by atoms with E-state index in [-0.39, 0.29) is 25.4 Å². The highest BCUT2D eigenvalue weighted by molar-refractivity contribution is 6.00. The Labute approximate surface area is 167 Å². The fourth-order valence-corrected chi connectivity index (χ4v) is 3.29. The summed E-state index contributed by atoms with van der Waals surface area (Å²) in [7, 11) is 4.34. The maximum Gasteiger partial charge on any atom is 0.390 e. The first-order chi connectivity index (χ1) is 13.6. The van der Waals surface area contributed by atoms with E-state index in [1.165, 1.54) is 26.2 Å². The van der Waals surface area contributed by atoms with Crippen molar-refractivity contribution in [1.82, 2.24) is 4.90 Å². The van der Waals surface area contributed by atoms with Crippen molar-refractivity contribution in [3.8, 4) is 17.2 Å². The molecule has 2 amide bonds. The van der Waals surface area contributed by atoms with Crippen LogP contribution in [-0.4, -0.2) is 63.9 Å². The number of ether oxygens (including phenoxy) is 3. The maximum absolute atomic E-state index is 12.7. The fraction of sp³-hybridized carbons (Fsp3) is 0.579. The summed E-state index contributed by atoms with van der Waals surface area (Å²) in [6.07, 6.45) is -5.50. The number of methoxy groups -OCH3 is 3. The average Bonchev–Trinajstić information content (AvgIpc) is 3.07. The molecule has 2 rings (SSSR count). The molecule has 1 atom stereocenters. The molecule has 1 aromatic rings. The topological polar surface area (TPSA) is 68.3 Å². The molecule has 1 saturated heterocycles. The van der Waals surface area contributed by atoms with Crippen LogP contribution >= 0.6 is 0 Å². The van der Waals surface area contributed by atoms with E-state index >= 15 is 0 Å². The first kappa shape index (κ1) is 22.6. The van der Waals surface area contributed by atoms with Crippen LogP contribution in [0.4, 0.5) is 18.9 Å². The van der Waals surface area contributed by atoms with Crippen molar-refractivity contribution >= 4 is 17.5 Å².